The highest BCUT2D eigenvalue weighted by atomic mass is 16.6. The van der Waals surface area contributed by atoms with Gasteiger partial charge < -0.3 is 19.5 Å². The molecule has 0 radical (unpaired) electrons. The van der Waals surface area contributed by atoms with Gasteiger partial charge in [-0.2, -0.15) is 0 Å². The van der Waals surface area contributed by atoms with E-state index < -0.39 is 17.3 Å². The fourth-order valence-electron chi connectivity index (χ4n) is 3.12. The van der Waals surface area contributed by atoms with E-state index in [1.54, 1.807) is 4.90 Å². The molecule has 0 aliphatic carbocycles. The minimum absolute atomic E-state index is 0.0302. The average Bonchev–Trinajstić information content (AvgIpc) is 2.32. The molecular formula is C17H30N2O5. The van der Waals surface area contributed by atoms with Crippen LogP contribution < -0.4 is 5.32 Å². The third kappa shape index (κ3) is 5.26. The van der Waals surface area contributed by atoms with Crippen molar-refractivity contribution >= 4 is 12.2 Å². The highest BCUT2D eigenvalue weighted by Crippen LogP contribution is 2.29. The summed E-state index contributed by atoms with van der Waals surface area (Å²) in [5.41, 5.74) is -1.06. The maximum Gasteiger partial charge on any atom is 0.410 e. The lowest BCUT2D eigenvalue weighted by molar-refractivity contribution is -0.0842. The number of amides is 2. The second-order valence-electron chi connectivity index (χ2n) is 8.55. The topological polar surface area (TPSA) is 77.1 Å². The number of piperidine rings is 1. The van der Waals surface area contributed by atoms with Gasteiger partial charge in [0, 0.05) is 6.04 Å². The molecule has 2 rings (SSSR count). The van der Waals surface area contributed by atoms with Crippen molar-refractivity contribution in [3.05, 3.63) is 0 Å². The number of morpholine rings is 1. The van der Waals surface area contributed by atoms with Crippen LogP contribution in [-0.2, 0) is 14.2 Å². The van der Waals surface area contributed by atoms with E-state index in [1.165, 1.54) is 0 Å². The Bertz CT molecular complexity index is 466. The molecule has 24 heavy (non-hydrogen) atoms. The predicted octanol–water partition coefficient (Wildman–Crippen LogP) is 2.68. The summed E-state index contributed by atoms with van der Waals surface area (Å²) in [6, 6.07) is -0.211. The molecule has 0 saturated carbocycles. The van der Waals surface area contributed by atoms with Gasteiger partial charge in [-0.3, -0.25) is 4.90 Å². The molecule has 2 aliphatic rings. The van der Waals surface area contributed by atoms with E-state index in [1.807, 2.05) is 41.5 Å². The smallest absolute Gasteiger partial charge is 0.410 e. The molecule has 2 unspecified atom stereocenters. The largest absolute Gasteiger partial charge is 0.444 e. The second kappa shape index (κ2) is 6.78. The molecule has 0 spiro atoms. The zero-order valence-corrected chi connectivity index (χ0v) is 15.5. The molecule has 7 heteroatoms. The van der Waals surface area contributed by atoms with Crippen LogP contribution in [-0.4, -0.2) is 59.6 Å². The standard InChI is InChI=1S/C17H30N2O5/c1-16(2,3)23-14(20)18-11-7-12-9-22-10-13(8-11)19(12)15(21)24-17(4,5)6/h11-13H,7-10H2,1-6H3,(H,18,20). The SMILES string of the molecule is CC(C)(C)OC(=O)NC1CC2COCC(C1)N2C(=O)OC(C)(C)C. The van der Waals surface area contributed by atoms with Gasteiger partial charge in [-0.25, -0.2) is 9.59 Å². The molecular weight excluding hydrogens is 312 g/mol. The third-order valence-electron chi connectivity index (χ3n) is 3.85. The number of hydrogen-bond donors (Lipinski definition) is 1. The van der Waals surface area contributed by atoms with Crippen LogP contribution in [0.15, 0.2) is 0 Å². The van der Waals surface area contributed by atoms with Crippen molar-refractivity contribution in [1.82, 2.24) is 10.2 Å². The number of fused-ring (bicyclic) bond motifs is 2. The third-order valence-corrected chi connectivity index (χ3v) is 3.85. The maximum absolute atomic E-state index is 12.5. The van der Waals surface area contributed by atoms with Crippen molar-refractivity contribution in [3.63, 3.8) is 0 Å². The normalized spacial score (nSPS) is 27.4. The van der Waals surface area contributed by atoms with E-state index in [9.17, 15) is 9.59 Å². The minimum Gasteiger partial charge on any atom is -0.444 e. The Morgan fingerprint density at radius 2 is 1.46 bits per heavy atom. The fraction of sp³-hybridized carbons (Fsp3) is 0.882. The lowest BCUT2D eigenvalue weighted by atomic mass is 9.90. The summed E-state index contributed by atoms with van der Waals surface area (Å²) in [6.45, 7) is 12.0. The lowest BCUT2D eigenvalue weighted by Crippen LogP contribution is -2.63. The zero-order chi connectivity index (χ0) is 18.1. The summed E-state index contributed by atoms with van der Waals surface area (Å²) in [5, 5.41) is 2.92. The van der Waals surface area contributed by atoms with Crippen molar-refractivity contribution in [2.75, 3.05) is 13.2 Å². The van der Waals surface area contributed by atoms with Gasteiger partial charge in [0.2, 0.25) is 0 Å². The van der Waals surface area contributed by atoms with Gasteiger partial charge >= 0.3 is 12.2 Å². The molecule has 0 aromatic rings. The Morgan fingerprint density at radius 1 is 0.958 bits per heavy atom. The highest BCUT2D eigenvalue weighted by molar-refractivity contribution is 5.70. The van der Waals surface area contributed by atoms with E-state index in [-0.39, 0.29) is 24.2 Å². The number of hydrogen-bond acceptors (Lipinski definition) is 5. The summed E-state index contributed by atoms with van der Waals surface area (Å²) < 4.78 is 16.4. The van der Waals surface area contributed by atoms with E-state index in [2.05, 4.69) is 5.32 Å². The van der Waals surface area contributed by atoms with Crippen LogP contribution >= 0.6 is 0 Å². The number of ether oxygens (including phenoxy) is 3. The van der Waals surface area contributed by atoms with Crippen molar-refractivity contribution in [2.24, 2.45) is 0 Å². The number of alkyl carbamates (subject to hydrolysis) is 1. The summed E-state index contributed by atoms with van der Waals surface area (Å²) in [7, 11) is 0. The van der Waals surface area contributed by atoms with Crippen LogP contribution in [0.3, 0.4) is 0 Å². The van der Waals surface area contributed by atoms with Crippen LogP contribution in [0.25, 0.3) is 0 Å². The number of nitrogens with one attached hydrogen (secondary N) is 1. The van der Waals surface area contributed by atoms with Gasteiger partial charge in [0.15, 0.2) is 0 Å². The molecule has 1 N–H and O–H groups in total. The Labute approximate surface area is 144 Å². The van der Waals surface area contributed by atoms with Gasteiger partial charge in [0.25, 0.3) is 0 Å². The summed E-state index contributed by atoms with van der Waals surface area (Å²) in [5.74, 6) is 0. The van der Waals surface area contributed by atoms with Crippen LogP contribution in [0.1, 0.15) is 54.4 Å². The zero-order valence-electron chi connectivity index (χ0n) is 15.5. The monoisotopic (exact) mass is 342 g/mol. The Balaban J connectivity index is 1.97. The Hall–Kier alpha value is -1.50. The van der Waals surface area contributed by atoms with Gasteiger partial charge in [0.05, 0.1) is 25.3 Å². The van der Waals surface area contributed by atoms with Gasteiger partial charge in [-0.05, 0) is 54.4 Å². The first-order valence-corrected chi connectivity index (χ1v) is 8.53. The van der Waals surface area contributed by atoms with Crippen molar-refractivity contribution in [1.29, 1.82) is 0 Å². The number of carbonyl (C=O) groups is 2. The number of nitrogens with zero attached hydrogens (tertiary/aromatic N) is 1. The molecule has 7 nitrogen and oxygen atoms in total. The predicted molar refractivity (Wildman–Crippen MR) is 88.9 cm³/mol. The molecule has 0 aromatic heterocycles. The summed E-state index contributed by atoms with van der Waals surface area (Å²) in [6.07, 6.45) is 0.540. The Kier molecular flexibility index (Phi) is 5.32. The van der Waals surface area contributed by atoms with E-state index in [0.717, 1.165) is 0 Å². The summed E-state index contributed by atoms with van der Waals surface area (Å²) >= 11 is 0. The molecule has 2 heterocycles. The van der Waals surface area contributed by atoms with Crippen LogP contribution in [0.2, 0.25) is 0 Å². The van der Waals surface area contributed by atoms with Crippen molar-refractivity contribution in [2.45, 2.75) is 83.7 Å². The molecule has 0 aromatic carbocycles. The molecule has 2 saturated heterocycles. The first kappa shape index (κ1) is 18.8. The van der Waals surface area contributed by atoms with E-state index >= 15 is 0 Å². The second-order valence-corrected chi connectivity index (χ2v) is 8.55. The fourth-order valence-corrected chi connectivity index (χ4v) is 3.12. The van der Waals surface area contributed by atoms with Crippen LogP contribution in [0.5, 0.6) is 0 Å². The maximum atomic E-state index is 12.5. The quantitative estimate of drug-likeness (QED) is 0.793. The highest BCUT2D eigenvalue weighted by Gasteiger charge is 2.43. The van der Waals surface area contributed by atoms with Crippen molar-refractivity contribution < 1.29 is 23.8 Å². The molecule has 138 valence electrons. The van der Waals surface area contributed by atoms with Crippen LogP contribution in [0.4, 0.5) is 9.59 Å². The molecule has 2 bridgehead atoms. The molecule has 2 amide bonds. The van der Waals surface area contributed by atoms with Crippen molar-refractivity contribution in [3.8, 4) is 0 Å². The lowest BCUT2D eigenvalue weighted by Gasteiger charge is -2.48. The number of carbonyl (C=O) groups excluding carboxylic acids is 2. The van der Waals surface area contributed by atoms with E-state index in [0.29, 0.717) is 26.1 Å². The van der Waals surface area contributed by atoms with E-state index in [4.69, 9.17) is 14.2 Å². The first-order valence-electron chi connectivity index (χ1n) is 8.53. The summed E-state index contributed by atoms with van der Waals surface area (Å²) in [4.78, 5) is 26.2. The van der Waals surface area contributed by atoms with Gasteiger partial charge in [-0.1, -0.05) is 0 Å². The van der Waals surface area contributed by atoms with Crippen LogP contribution in [0, 0.1) is 0 Å². The molecule has 2 aliphatic heterocycles. The minimum atomic E-state index is -0.530. The molecule has 2 fully saturated rings. The first-order chi connectivity index (χ1) is 10.9. The van der Waals surface area contributed by atoms with Gasteiger partial charge in [0.1, 0.15) is 11.2 Å². The Morgan fingerprint density at radius 3 is 1.92 bits per heavy atom. The van der Waals surface area contributed by atoms with Gasteiger partial charge in [-0.15, -0.1) is 0 Å². The average molecular weight is 342 g/mol. The number of rotatable bonds is 1. The molecule has 2 atom stereocenters.